The van der Waals surface area contributed by atoms with E-state index in [1.165, 1.54) is 17.4 Å². The zero-order chi connectivity index (χ0) is 17.8. The minimum Gasteiger partial charge on any atom is -0.321 e. The number of nitrogens with zero attached hydrogens (tertiary/aromatic N) is 2. The molecule has 124 valence electrons. The minimum absolute atomic E-state index is 0.0125. The number of anilines is 1. The molecule has 0 spiro atoms. The fraction of sp³-hybridized carbons (Fsp3) is 0.0556. The van der Waals surface area contributed by atoms with Gasteiger partial charge in [-0.1, -0.05) is 17.7 Å². The van der Waals surface area contributed by atoms with Gasteiger partial charge < -0.3 is 5.32 Å². The lowest BCUT2D eigenvalue weighted by atomic mass is 10.1. The number of hydrogen-bond donors (Lipinski definition) is 1. The van der Waals surface area contributed by atoms with Crippen LogP contribution in [0.15, 0.2) is 46.0 Å². The third kappa shape index (κ3) is 3.97. The molecule has 0 unspecified atom stereocenters. The standard InChI is InChI=1S/C18H12ClN3OS2/c1-11-15(19)3-2-4-16(11)22-17(23)13(8-20)7-14-10-25-18(21-14)12-5-6-24-9-12/h2-7,9-10H,1H3,(H,22,23)/b13-7-. The molecule has 0 bridgehead atoms. The maximum absolute atomic E-state index is 12.4. The van der Waals surface area contributed by atoms with E-state index in [1.54, 1.807) is 36.5 Å². The van der Waals surface area contributed by atoms with Gasteiger partial charge in [-0.05, 0) is 42.1 Å². The number of thiazole rings is 1. The largest absolute Gasteiger partial charge is 0.321 e. The van der Waals surface area contributed by atoms with Crippen LogP contribution < -0.4 is 5.32 Å². The summed E-state index contributed by atoms with van der Waals surface area (Å²) in [6.07, 6.45) is 1.49. The Hall–Kier alpha value is -2.46. The van der Waals surface area contributed by atoms with Crippen molar-refractivity contribution in [2.75, 3.05) is 5.32 Å². The summed E-state index contributed by atoms with van der Waals surface area (Å²) in [7, 11) is 0. The number of carbonyl (C=O) groups excluding carboxylic acids is 1. The molecule has 0 aliphatic heterocycles. The van der Waals surface area contributed by atoms with Crippen molar-refractivity contribution in [3.8, 4) is 16.6 Å². The zero-order valence-corrected chi connectivity index (χ0v) is 15.5. The Kier molecular flexibility index (Phi) is 5.29. The highest BCUT2D eigenvalue weighted by Crippen LogP contribution is 2.27. The van der Waals surface area contributed by atoms with Crippen LogP contribution in [0, 0.1) is 18.3 Å². The van der Waals surface area contributed by atoms with E-state index in [9.17, 15) is 10.1 Å². The van der Waals surface area contributed by atoms with Gasteiger partial charge in [0.1, 0.15) is 16.6 Å². The second kappa shape index (κ2) is 7.62. The van der Waals surface area contributed by atoms with E-state index in [4.69, 9.17) is 11.6 Å². The van der Waals surface area contributed by atoms with Gasteiger partial charge >= 0.3 is 0 Å². The van der Waals surface area contributed by atoms with Crippen LogP contribution in [0.2, 0.25) is 5.02 Å². The topological polar surface area (TPSA) is 65.8 Å². The van der Waals surface area contributed by atoms with E-state index in [1.807, 2.05) is 28.3 Å². The molecule has 7 heteroatoms. The first-order valence-corrected chi connectivity index (χ1v) is 9.45. The molecule has 1 aromatic carbocycles. The molecule has 2 aromatic heterocycles. The molecule has 1 amide bonds. The lowest BCUT2D eigenvalue weighted by Crippen LogP contribution is -2.14. The number of nitriles is 1. The first-order valence-electron chi connectivity index (χ1n) is 7.25. The maximum atomic E-state index is 12.4. The summed E-state index contributed by atoms with van der Waals surface area (Å²) in [4.78, 5) is 16.8. The normalized spacial score (nSPS) is 11.2. The van der Waals surface area contributed by atoms with Gasteiger partial charge in [0, 0.05) is 27.0 Å². The summed E-state index contributed by atoms with van der Waals surface area (Å²) in [5.74, 6) is -0.488. The fourth-order valence-corrected chi connectivity index (χ4v) is 3.76. The Morgan fingerprint density at radius 1 is 1.36 bits per heavy atom. The molecular formula is C18H12ClN3OS2. The average Bonchev–Trinajstić information content (AvgIpc) is 3.27. The lowest BCUT2D eigenvalue weighted by molar-refractivity contribution is -0.112. The zero-order valence-electron chi connectivity index (χ0n) is 13.1. The number of amides is 1. The fourth-order valence-electron chi connectivity index (χ4n) is 2.10. The molecular weight excluding hydrogens is 374 g/mol. The van der Waals surface area contributed by atoms with Gasteiger partial charge in [-0.15, -0.1) is 11.3 Å². The monoisotopic (exact) mass is 385 g/mol. The Bertz CT molecular complexity index is 984. The maximum Gasteiger partial charge on any atom is 0.266 e. The van der Waals surface area contributed by atoms with Gasteiger partial charge in [-0.3, -0.25) is 4.79 Å². The van der Waals surface area contributed by atoms with Crippen molar-refractivity contribution in [1.82, 2.24) is 4.98 Å². The Morgan fingerprint density at radius 3 is 2.92 bits per heavy atom. The van der Waals surface area contributed by atoms with Gasteiger partial charge in [-0.25, -0.2) is 4.98 Å². The van der Waals surface area contributed by atoms with Crippen LogP contribution in [0.5, 0.6) is 0 Å². The Balaban J connectivity index is 1.82. The van der Waals surface area contributed by atoms with E-state index in [2.05, 4.69) is 10.3 Å². The van der Waals surface area contributed by atoms with Crippen LogP contribution in [0.4, 0.5) is 5.69 Å². The predicted molar refractivity (Wildman–Crippen MR) is 104 cm³/mol. The van der Waals surface area contributed by atoms with Crippen LogP contribution >= 0.6 is 34.3 Å². The highest BCUT2D eigenvalue weighted by Gasteiger charge is 2.13. The van der Waals surface area contributed by atoms with Crippen molar-refractivity contribution in [2.24, 2.45) is 0 Å². The number of nitrogens with one attached hydrogen (secondary N) is 1. The second-order valence-corrected chi connectivity index (χ2v) is 7.17. The summed E-state index contributed by atoms with van der Waals surface area (Å²) in [5, 5.41) is 19.3. The average molecular weight is 386 g/mol. The van der Waals surface area contributed by atoms with Crippen molar-refractivity contribution < 1.29 is 4.79 Å². The lowest BCUT2D eigenvalue weighted by Gasteiger charge is -2.08. The summed E-state index contributed by atoms with van der Waals surface area (Å²) in [5.41, 5.74) is 2.94. The van der Waals surface area contributed by atoms with Crippen molar-refractivity contribution in [2.45, 2.75) is 6.92 Å². The van der Waals surface area contributed by atoms with Crippen LogP contribution in [0.25, 0.3) is 16.6 Å². The predicted octanol–water partition coefficient (Wildman–Crippen LogP) is 5.38. The highest BCUT2D eigenvalue weighted by molar-refractivity contribution is 7.14. The van der Waals surface area contributed by atoms with E-state index in [-0.39, 0.29) is 5.57 Å². The summed E-state index contributed by atoms with van der Waals surface area (Å²) in [6.45, 7) is 1.81. The van der Waals surface area contributed by atoms with Gasteiger partial charge in [0.25, 0.3) is 5.91 Å². The van der Waals surface area contributed by atoms with E-state index in [0.717, 1.165) is 16.1 Å². The van der Waals surface area contributed by atoms with E-state index < -0.39 is 5.91 Å². The molecule has 25 heavy (non-hydrogen) atoms. The number of hydrogen-bond acceptors (Lipinski definition) is 5. The molecule has 3 aromatic rings. The molecule has 0 aliphatic rings. The van der Waals surface area contributed by atoms with E-state index >= 15 is 0 Å². The molecule has 0 saturated heterocycles. The number of benzene rings is 1. The third-order valence-corrected chi connectivity index (χ3v) is 5.47. The van der Waals surface area contributed by atoms with Crippen LogP contribution in [0.3, 0.4) is 0 Å². The molecule has 1 N–H and O–H groups in total. The summed E-state index contributed by atoms with van der Waals surface area (Å²) in [6, 6.07) is 9.15. The van der Waals surface area contributed by atoms with Gasteiger partial charge in [-0.2, -0.15) is 16.6 Å². The molecule has 0 atom stereocenters. The molecule has 2 heterocycles. The van der Waals surface area contributed by atoms with Crippen LogP contribution in [-0.2, 0) is 4.79 Å². The van der Waals surface area contributed by atoms with Crippen LogP contribution in [0.1, 0.15) is 11.3 Å². The molecule has 3 rings (SSSR count). The molecule has 0 radical (unpaired) electrons. The Morgan fingerprint density at radius 2 is 2.20 bits per heavy atom. The van der Waals surface area contributed by atoms with Crippen molar-refractivity contribution in [3.05, 3.63) is 62.3 Å². The molecule has 0 aliphatic carbocycles. The van der Waals surface area contributed by atoms with Gasteiger partial charge in [0.05, 0.1) is 5.69 Å². The van der Waals surface area contributed by atoms with E-state index in [0.29, 0.717) is 16.4 Å². The Labute approximate surface area is 158 Å². The number of aromatic nitrogens is 1. The first kappa shape index (κ1) is 17.4. The van der Waals surface area contributed by atoms with Crippen molar-refractivity contribution >= 4 is 51.9 Å². The first-order chi connectivity index (χ1) is 12.1. The van der Waals surface area contributed by atoms with Crippen LogP contribution in [-0.4, -0.2) is 10.9 Å². The van der Waals surface area contributed by atoms with Gasteiger partial charge in [0.2, 0.25) is 0 Å². The smallest absolute Gasteiger partial charge is 0.266 e. The number of thiophene rings is 1. The molecule has 4 nitrogen and oxygen atoms in total. The molecule has 0 saturated carbocycles. The highest BCUT2D eigenvalue weighted by atomic mass is 35.5. The summed E-state index contributed by atoms with van der Waals surface area (Å²) >= 11 is 9.12. The molecule has 0 fully saturated rings. The van der Waals surface area contributed by atoms with Gasteiger partial charge in [0.15, 0.2) is 0 Å². The second-order valence-electron chi connectivity index (χ2n) is 5.13. The number of rotatable bonds is 4. The summed E-state index contributed by atoms with van der Waals surface area (Å²) < 4.78 is 0. The minimum atomic E-state index is -0.488. The number of halogens is 1. The quantitative estimate of drug-likeness (QED) is 0.484. The third-order valence-electron chi connectivity index (χ3n) is 3.46. The van der Waals surface area contributed by atoms with Crippen molar-refractivity contribution in [1.29, 1.82) is 5.26 Å². The SMILES string of the molecule is Cc1c(Cl)cccc1NC(=O)/C(C#N)=C\c1csc(-c2ccsc2)n1. The van der Waals surface area contributed by atoms with Crippen molar-refractivity contribution in [3.63, 3.8) is 0 Å². The number of carbonyl (C=O) groups is 1.